The van der Waals surface area contributed by atoms with E-state index in [1.54, 1.807) is 13.0 Å². The molecule has 0 unspecified atom stereocenters. The highest BCUT2D eigenvalue weighted by Crippen LogP contribution is 2.26. The van der Waals surface area contributed by atoms with E-state index in [1.807, 2.05) is 71.0 Å². The Balaban J connectivity index is 2.49. The van der Waals surface area contributed by atoms with E-state index in [2.05, 4.69) is 5.32 Å². The largest absolute Gasteiger partial charge is 0.354 e. The third-order valence-corrected chi connectivity index (χ3v) is 7.75. The number of rotatable bonds is 11. The number of hydrogen-bond donors (Lipinski definition) is 1. The zero-order valence-electron chi connectivity index (χ0n) is 22.7. The third-order valence-electron chi connectivity index (χ3n) is 5.94. The second-order valence-electron chi connectivity index (χ2n) is 9.91. The lowest BCUT2D eigenvalue weighted by atomic mass is 10.1. The quantitative estimate of drug-likeness (QED) is 0.496. The Bertz CT molecular complexity index is 1180. The molecule has 1 N–H and O–H groups in total. The van der Waals surface area contributed by atoms with Gasteiger partial charge in [0.1, 0.15) is 12.6 Å². The van der Waals surface area contributed by atoms with E-state index in [0.717, 1.165) is 30.9 Å². The Hall–Kier alpha value is -2.91. The van der Waals surface area contributed by atoms with E-state index < -0.39 is 28.7 Å². The fourth-order valence-corrected chi connectivity index (χ4v) is 4.85. The zero-order chi connectivity index (χ0) is 27.2. The van der Waals surface area contributed by atoms with Crippen molar-refractivity contribution in [3.63, 3.8) is 0 Å². The monoisotopic (exact) mass is 516 g/mol. The van der Waals surface area contributed by atoms with Crippen LogP contribution in [0.25, 0.3) is 0 Å². The molecule has 8 nitrogen and oxygen atoms in total. The summed E-state index contributed by atoms with van der Waals surface area (Å²) < 4.78 is 28.9. The first-order chi connectivity index (χ1) is 16.7. The highest BCUT2D eigenvalue weighted by atomic mass is 32.2. The number of anilines is 1. The van der Waals surface area contributed by atoms with E-state index in [0.29, 0.717) is 12.2 Å². The lowest BCUT2D eigenvalue weighted by molar-refractivity contribution is -0.139. The van der Waals surface area contributed by atoms with Crippen molar-refractivity contribution in [2.45, 2.75) is 54.1 Å². The van der Waals surface area contributed by atoms with Gasteiger partial charge in [-0.25, -0.2) is 4.31 Å². The number of hydrogen-bond acceptors (Lipinski definition) is 4. The normalized spacial score (nSPS) is 12.5. The Kier molecular flexibility index (Phi) is 10.1. The molecule has 0 aliphatic heterocycles. The Morgan fingerprint density at radius 3 is 2.17 bits per heavy atom. The standard InChI is InChI=1S/C27H40N4O4S/c1-19(2)16-28-27(33)23(6)30(17-24-11-9-10-20(3)14-24)26(32)18-31(36(34,35)29(7)8)25-15-21(4)12-13-22(25)5/h9-15,19,23H,16-18H2,1-8H3,(H,28,33)/t23-/m1/s1. The number of amides is 2. The van der Waals surface area contributed by atoms with Crippen molar-refractivity contribution in [3.8, 4) is 0 Å². The Morgan fingerprint density at radius 2 is 1.58 bits per heavy atom. The first-order valence-corrected chi connectivity index (χ1v) is 13.5. The van der Waals surface area contributed by atoms with Gasteiger partial charge < -0.3 is 10.2 Å². The summed E-state index contributed by atoms with van der Waals surface area (Å²) in [5.74, 6) is -0.486. The van der Waals surface area contributed by atoms with Crippen molar-refractivity contribution >= 4 is 27.7 Å². The van der Waals surface area contributed by atoms with E-state index in [4.69, 9.17) is 0 Å². The molecular weight excluding hydrogens is 476 g/mol. The van der Waals surface area contributed by atoms with E-state index in [9.17, 15) is 18.0 Å². The molecule has 0 saturated heterocycles. The third kappa shape index (κ3) is 7.54. The summed E-state index contributed by atoms with van der Waals surface area (Å²) in [6, 6.07) is 12.4. The number of nitrogens with one attached hydrogen (secondary N) is 1. The lowest BCUT2D eigenvalue weighted by Gasteiger charge is -2.33. The highest BCUT2D eigenvalue weighted by Gasteiger charge is 2.33. The molecule has 0 aliphatic carbocycles. The highest BCUT2D eigenvalue weighted by molar-refractivity contribution is 7.90. The van der Waals surface area contributed by atoms with Crippen LogP contribution in [-0.2, 0) is 26.3 Å². The topological polar surface area (TPSA) is 90.0 Å². The summed E-state index contributed by atoms with van der Waals surface area (Å²) in [7, 11) is -1.12. The average Bonchev–Trinajstić information content (AvgIpc) is 2.80. The van der Waals surface area contributed by atoms with Gasteiger partial charge in [0.2, 0.25) is 11.8 Å². The molecule has 2 amide bonds. The van der Waals surface area contributed by atoms with Crippen molar-refractivity contribution in [1.82, 2.24) is 14.5 Å². The molecule has 0 fully saturated rings. The van der Waals surface area contributed by atoms with Crippen molar-refractivity contribution in [1.29, 1.82) is 0 Å². The molecule has 0 saturated carbocycles. The minimum Gasteiger partial charge on any atom is -0.354 e. The second kappa shape index (κ2) is 12.4. The maximum Gasteiger partial charge on any atom is 0.304 e. The van der Waals surface area contributed by atoms with Gasteiger partial charge in [0, 0.05) is 27.2 Å². The molecule has 2 aromatic rings. The van der Waals surface area contributed by atoms with Gasteiger partial charge in [-0.2, -0.15) is 12.7 Å². The number of carbonyl (C=O) groups excluding carboxylic acids is 2. The molecular formula is C27H40N4O4S. The smallest absolute Gasteiger partial charge is 0.304 e. The van der Waals surface area contributed by atoms with Crippen molar-refractivity contribution in [3.05, 3.63) is 64.7 Å². The zero-order valence-corrected chi connectivity index (χ0v) is 23.5. The van der Waals surface area contributed by atoms with Crippen molar-refractivity contribution in [2.24, 2.45) is 5.92 Å². The van der Waals surface area contributed by atoms with Gasteiger partial charge in [-0.05, 0) is 56.4 Å². The van der Waals surface area contributed by atoms with Gasteiger partial charge in [-0.15, -0.1) is 0 Å². The van der Waals surface area contributed by atoms with Crippen LogP contribution in [0, 0.1) is 26.7 Å². The van der Waals surface area contributed by atoms with Crippen molar-refractivity contribution < 1.29 is 18.0 Å². The number of aryl methyl sites for hydroxylation is 3. The van der Waals surface area contributed by atoms with Crippen LogP contribution >= 0.6 is 0 Å². The van der Waals surface area contributed by atoms with Crippen LogP contribution in [0.2, 0.25) is 0 Å². The summed E-state index contributed by atoms with van der Waals surface area (Å²) in [6.07, 6.45) is 0. The predicted molar refractivity (Wildman–Crippen MR) is 145 cm³/mol. The van der Waals surface area contributed by atoms with Gasteiger partial charge in [-0.3, -0.25) is 9.59 Å². The van der Waals surface area contributed by atoms with Gasteiger partial charge in [0.25, 0.3) is 0 Å². The molecule has 0 bridgehead atoms. The summed E-state index contributed by atoms with van der Waals surface area (Å²) in [5.41, 5.74) is 3.93. The van der Waals surface area contributed by atoms with E-state index in [-0.39, 0.29) is 18.4 Å². The van der Waals surface area contributed by atoms with Crippen LogP contribution in [0.4, 0.5) is 5.69 Å². The first kappa shape index (κ1) is 29.3. The fraction of sp³-hybridized carbons (Fsp3) is 0.481. The van der Waals surface area contributed by atoms with Crippen LogP contribution in [0.15, 0.2) is 42.5 Å². The van der Waals surface area contributed by atoms with Crippen molar-refractivity contribution in [2.75, 3.05) is 31.5 Å². The van der Waals surface area contributed by atoms with Gasteiger partial charge in [0.15, 0.2) is 0 Å². The molecule has 0 aliphatic rings. The number of nitrogens with zero attached hydrogens (tertiary/aromatic N) is 3. The SMILES string of the molecule is Cc1cccc(CN(C(=O)CN(c2cc(C)ccc2C)S(=O)(=O)N(C)C)[C@H](C)C(=O)NCC(C)C)c1. The molecule has 0 spiro atoms. The maximum absolute atomic E-state index is 13.8. The molecule has 0 heterocycles. The van der Waals surface area contributed by atoms with E-state index in [1.165, 1.54) is 19.0 Å². The van der Waals surface area contributed by atoms with Gasteiger partial charge in [0.05, 0.1) is 5.69 Å². The number of benzene rings is 2. The minimum absolute atomic E-state index is 0.180. The molecule has 2 aromatic carbocycles. The lowest BCUT2D eigenvalue weighted by Crippen LogP contribution is -2.52. The van der Waals surface area contributed by atoms with Crippen LogP contribution in [0.3, 0.4) is 0 Å². The summed E-state index contributed by atoms with van der Waals surface area (Å²) in [4.78, 5) is 28.2. The summed E-state index contributed by atoms with van der Waals surface area (Å²) in [5, 5.41) is 2.89. The van der Waals surface area contributed by atoms with Crippen LogP contribution in [0.5, 0.6) is 0 Å². The molecule has 36 heavy (non-hydrogen) atoms. The van der Waals surface area contributed by atoms with Crippen LogP contribution in [-0.4, -0.2) is 62.7 Å². The molecule has 9 heteroatoms. The average molecular weight is 517 g/mol. The number of carbonyl (C=O) groups is 2. The first-order valence-electron chi connectivity index (χ1n) is 12.1. The Labute approximate surface area is 216 Å². The molecule has 198 valence electrons. The maximum atomic E-state index is 13.8. The van der Waals surface area contributed by atoms with Gasteiger partial charge >= 0.3 is 10.2 Å². The molecule has 1 atom stereocenters. The summed E-state index contributed by atoms with van der Waals surface area (Å²) in [6.45, 7) is 11.5. The fourth-order valence-electron chi connectivity index (χ4n) is 3.73. The van der Waals surface area contributed by atoms with Crippen LogP contribution in [0.1, 0.15) is 43.0 Å². The molecule has 0 aromatic heterocycles. The predicted octanol–water partition coefficient (Wildman–Crippen LogP) is 3.41. The minimum atomic E-state index is -3.99. The second-order valence-corrected chi connectivity index (χ2v) is 12.0. The van der Waals surface area contributed by atoms with Crippen LogP contribution < -0.4 is 9.62 Å². The van der Waals surface area contributed by atoms with E-state index >= 15 is 0 Å². The molecule has 2 rings (SSSR count). The summed E-state index contributed by atoms with van der Waals surface area (Å²) >= 11 is 0. The Morgan fingerprint density at radius 1 is 0.944 bits per heavy atom. The molecule has 0 radical (unpaired) electrons. The van der Waals surface area contributed by atoms with Gasteiger partial charge in [-0.1, -0.05) is 55.8 Å².